The van der Waals surface area contributed by atoms with Crippen LogP contribution in [0.1, 0.15) is 62.9 Å². The molecule has 158 valence electrons. The molecule has 4 nitrogen and oxygen atoms in total. The van der Waals surface area contributed by atoms with E-state index in [1.807, 2.05) is 12.2 Å². The van der Waals surface area contributed by atoms with Gasteiger partial charge in [-0.15, -0.1) is 0 Å². The van der Waals surface area contributed by atoms with Crippen molar-refractivity contribution in [2.75, 3.05) is 20.3 Å². The number of aliphatic hydroxyl groups excluding tert-OH is 1. The fourth-order valence-corrected chi connectivity index (χ4v) is 3.79. The van der Waals surface area contributed by atoms with Crippen LogP contribution in [0.2, 0.25) is 0 Å². The summed E-state index contributed by atoms with van der Waals surface area (Å²) in [6.45, 7) is 8.37. The molecule has 1 aromatic rings. The number of allylic oxidation sites excluding steroid dienone is 5. The highest BCUT2D eigenvalue weighted by Gasteiger charge is 2.26. The number of methoxy groups -OCH3 is 1. The van der Waals surface area contributed by atoms with Crippen molar-refractivity contribution in [1.29, 1.82) is 0 Å². The molecule has 29 heavy (non-hydrogen) atoms. The molecule has 0 atom stereocenters. The van der Waals surface area contributed by atoms with Crippen LogP contribution in [0.3, 0.4) is 0 Å². The third-order valence-electron chi connectivity index (χ3n) is 5.49. The van der Waals surface area contributed by atoms with E-state index >= 15 is 4.39 Å². The molecule has 2 N–H and O–H groups in total. The SMILES string of the molecule is COc1cc(C(=O)NCCO)ccc1/C(F)=C(C)/C=C/C1=C(C)CCCC1(C)C. The largest absolute Gasteiger partial charge is 0.496 e. The molecule has 1 aliphatic rings. The first-order valence-electron chi connectivity index (χ1n) is 10.0. The third-order valence-corrected chi connectivity index (χ3v) is 5.49. The lowest BCUT2D eigenvalue weighted by atomic mass is 9.72. The van der Waals surface area contributed by atoms with Gasteiger partial charge < -0.3 is 15.2 Å². The standard InChI is InChI=1S/C24H32FNO3/c1-16-7-6-12-24(3,4)20(16)11-8-17(2)22(25)19-10-9-18(15-21(19)29-5)23(28)26-13-14-27/h8-11,15,27H,6-7,12-14H2,1-5H3,(H,26,28)/b11-8+,22-17-. The van der Waals surface area contributed by atoms with Crippen molar-refractivity contribution in [2.45, 2.75) is 47.0 Å². The van der Waals surface area contributed by atoms with Gasteiger partial charge >= 0.3 is 0 Å². The summed E-state index contributed by atoms with van der Waals surface area (Å²) in [4.78, 5) is 12.1. The van der Waals surface area contributed by atoms with E-state index in [-0.39, 0.29) is 30.3 Å². The molecule has 1 amide bonds. The van der Waals surface area contributed by atoms with Gasteiger partial charge in [-0.05, 0) is 67.9 Å². The summed E-state index contributed by atoms with van der Waals surface area (Å²) in [7, 11) is 1.45. The second-order valence-electron chi connectivity index (χ2n) is 8.16. The quantitative estimate of drug-likeness (QED) is 0.618. The highest BCUT2D eigenvalue weighted by molar-refractivity contribution is 5.95. The van der Waals surface area contributed by atoms with Gasteiger partial charge in [0.2, 0.25) is 0 Å². The van der Waals surface area contributed by atoms with Crippen molar-refractivity contribution < 1.29 is 19.0 Å². The Kier molecular flexibility index (Phi) is 7.80. The highest BCUT2D eigenvalue weighted by atomic mass is 19.1. The summed E-state index contributed by atoms with van der Waals surface area (Å²) in [6.07, 6.45) is 7.26. The fourth-order valence-electron chi connectivity index (χ4n) is 3.79. The number of rotatable bonds is 7. The number of benzene rings is 1. The van der Waals surface area contributed by atoms with Gasteiger partial charge in [0.1, 0.15) is 11.6 Å². The van der Waals surface area contributed by atoms with Gasteiger partial charge in [0.15, 0.2) is 0 Å². The van der Waals surface area contributed by atoms with Crippen LogP contribution in [-0.4, -0.2) is 31.3 Å². The molecule has 0 heterocycles. The molecule has 0 unspecified atom stereocenters. The van der Waals surface area contributed by atoms with Crippen molar-refractivity contribution in [3.05, 3.63) is 58.2 Å². The number of halogens is 1. The second kappa shape index (κ2) is 9.88. The van der Waals surface area contributed by atoms with E-state index < -0.39 is 0 Å². The van der Waals surface area contributed by atoms with E-state index in [9.17, 15) is 4.79 Å². The van der Waals surface area contributed by atoms with Crippen LogP contribution in [0.4, 0.5) is 4.39 Å². The Morgan fingerprint density at radius 1 is 1.38 bits per heavy atom. The zero-order valence-corrected chi connectivity index (χ0v) is 18.1. The van der Waals surface area contributed by atoms with Gasteiger partial charge in [-0.25, -0.2) is 4.39 Å². The molecular formula is C24H32FNO3. The van der Waals surface area contributed by atoms with Gasteiger partial charge in [0.25, 0.3) is 5.91 Å². The Bertz CT molecular complexity index is 850. The maximum absolute atomic E-state index is 15.2. The first-order valence-corrected chi connectivity index (χ1v) is 10.0. The van der Waals surface area contributed by atoms with Crippen molar-refractivity contribution in [2.24, 2.45) is 5.41 Å². The Hall–Kier alpha value is -2.40. The minimum absolute atomic E-state index is 0.0941. The van der Waals surface area contributed by atoms with Crippen molar-refractivity contribution in [3.63, 3.8) is 0 Å². The number of hydrogen-bond acceptors (Lipinski definition) is 3. The zero-order chi connectivity index (χ0) is 21.6. The topological polar surface area (TPSA) is 58.6 Å². The number of carbonyl (C=O) groups is 1. The van der Waals surface area contributed by atoms with Crippen molar-refractivity contribution >= 4 is 11.7 Å². The first kappa shape index (κ1) is 22.9. The molecule has 0 aliphatic heterocycles. The van der Waals surface area contributed by atoms with E-state index in [4.69, 9.17) is 9.84 Å². The monoisotopic (exact) mass is 401 g/mol. The Balaban J connectivity index is 2.33. The average Bonchev–Trinajstić information content (AvgIpc) is 2.69. The van der Waals surface area contributed by atoms with Crippen LogP contribution in [0.25, 0.3) is 5.83 Å². The third kappa shape index (κ3) is 5.57. The van der Waals surface area contributed by atoms with E-state index in [1.165, 1.54) is 30.7 Å². The van der Waals surface area contributed by atoms with Crippen LogP contribution in [0.5, 0.6) is 5.75 Å². The van der Waals surface area contributed by atoms with E-state index in [0.717, 1.165) is 12.8 Å². The summed E-state index contributed by atoms with van der Waals surface area (Å²) in [5.41, 5.74) is 3.89. The van der Waals surface area contributed by atoms with Crippen LogP contribution < -0.4 is 10.1 Å². The number of aliphatic hydroxyl groups is 1. The molecule has 1 aromatic carbocycles. The first-order chi connectivity index (χ1) is 13.7. The lowest BCUT2D eigenvalue weighted by Crippen LogP contribution is -2.26. The molecule has 2 rings (SSSR count). The molecule has 5 heteroatoms. The van der Waals surface area contributed by atoms with Gasteiger partial charge in [0, 0.05) is 12.1 Å². The van der Waals surface area contributed by atoms with Crippen LogP contribution >= 0.6 is 0 Å². The lowest BCUT2D eigenvalue weighted by molar-refractivity contribution is 0.0944. The van der Waals surface area contributed by atoms with E-state index in [0.29, 0.717) is 22.4 Å². The Morgan fingerprint density at radius 2 is 2.10 bits per heavy atom. The van der Waals surface area contributed by atoms with Crippen molar-refractivity contribution in [3.8, 4) is 5.75 Å². The molecular weight excluding hydrogens is 369 g/mol. The second-order valence-corrected chi connectivity index (χ2v) is 8.16. The maximum Gasteiger partial charge on any atom is 0.251 e. The molecule has 0 saturated carbocycles. The number of nitrogens with one attached hydrogen (secondary N) is 1. The average molecular weight is 402 g/mol. The summed E-state index contributed by atoms with van der Waals surface area (Å²) in [5.74, 6) is -0.431. The van der Waals surface area contributed by atoms with E-state index in [2.05, 4.69) is 26.1 Å². The smallest absolute Gasteiger partial charge is 0.251 e. The van der Waals surface area contributed by atoms with Gasteiger partial charge in [-0.1, -0.05) is 31.6 Å². The fraction of sp³-hybridized carbons (Fsp3) is 0.458. The summed E-state index contributed by atoms with van der Waals surface area (Å²) >= 11 is 0. The number of amides is 1. The maximum atomic E-state index is 15.2. The predicted molar refractivity (Wildman–Crippen MR) is 116 cm³/mol. The Morgan fingerprint density at radius 3 is 2.72 bits per heavy atom. The summed E-state index contributed by atoms with van der Waals surface area (Å²) < 4.78 is 20.5. The molecule has 0 bridgehead atoms. The molecule has 0 fully saturated rings. The van der Waals surface area contributed by atoms with Gasteiger partial charge in [0.05, 0.1) is 19.3 Å². The van der Waals surface area contributed by atoms with Crippen molar-refractivity contribution in [1.82, 2.24) is 5.32 Å². The zero-order valence-electron chi connectivity index (χ0n) is 18.1. The number of ether oxygens (including phenoxy) is 1. The number of hydrogen-bond donors (Lipinski definition) is 2. The lowest BCUT2D eigenvalue weighted by Gasteiger charge is -2.33. The van der Waals surface area contributed by atoms with Gasteiger partial charge in [-0.2, -0.15) is 0 Å². The molecule has 0 radical (unpaired) electrons. The molecule has 0 aromatic heterocycles. The minimum Gasteiger partial charge on any atom is -0.496 e. The normalized spacial score (nSPS) is 17.3. The molecule has 0 spiro atoms. The van der Waals surface area contributed by atoms with Crippen LogP contribution in [0.15, 0.2) is 47.1 Å². The molecule has 0 saturated heterocycles. The summed E-state index contributed by atoms with van der Waals surface area (Å²) in [5, 5.41) is 11.4. The highest BCUT2D eigenvalue weighted by Crippen LogP contribution is 2.41. The van der Waals surface area contributed by atoms with Crippen LogP contribution in [0, 0.1) is 5.41 Å². The predicted octanol–water partition coefficient (Wildman–Crippen LogP) is 5.20. The van der Waals surface area contributed by atoms with Crippen LogP contribution in [-0.2, 0) is 0 Å². The molecule has 1 aliphatic carbocycles. The summed E-state index contributed by atoms with van der Waals surface area (Å²) in [6, 6.07) is 4.61. The van der Waals surface area contributed by atoms with Gasteiger partial charge in [-0.3, -0.25) is 4.79 Å². The number of carbonyl (C=O) groups excluding carboxylic acids is 1. The van der Waals surface area contributed by atoms with E-state index in [1.54, 1.807) is 19.1 Å². The minimum atomic E-state index is -0.382. The Labute approximate surface area is 173 Å².